The van der Waals surface area contributed by atoms with Gasteiger partial charge in [0, 0.05) is 31.0 Å². The molecule has 0 bridgehead atoms. The van der Waals surface area contributed by atoms with E-state index < -0.39 is 9.84 Å². The third kappa shape index (κ3) is 7.54. The molecule has 0 aliphatic rings. The quantitative estimate of drug-likeness (QED) is 0.392. The molecule has 0 heterocycles. The van der Waals surface area contributed by atoms with Crippen molar-refractivity contribution in [2.24, 2.45) is 4.99 Å². The maximum absolute atomic E-state index is 11.1. The van der Waals surface area contributed by atoms with E-state index in [1.54, 1.807) is 14.2 Å². The molecule has 0 aliphatic carbocycles. The smallest absolute Gasteiger partial charge is 0.191 e. The molecule has 1 rings (SSSR count). The number of hydrogen-bond donors (Lipinski definition) is 2. The van der Waals surface area contributed by atoms with Gasteiger partial charge in [-0.25, -0.2) is 13.4 Å². The van der Waals surface area contributed by atoms with Crippen LogP contribution in [0.25, 0.3) is 0 Å². The molecule has 2 N–H and O–H groups in total. The number of benzene rings is 1. The molecule has 0 saturated carbocycles. The second kappa shape index (κ2) is 10.0. The fraction of sp³-hybridized carbons (Fsp3) is 0.562. The Morgan fingerprint density at radius 1 is 1.21 bits per heavy atom. The number of ether oxygens (including phenoxy) is 2. The average molecular weight is 357 g/mol. The number of hydrogen-bond acceptors (Lipinski definition) is 5. The lowest BCUT2D eigenvalue weighted by Crippen LogP contribution is -2.38. The molecule has 136 valence electrons. The molecule has 0 amide bonds. The highest BCUT2D eigenvalue weighted by molar-refractivity contribution is 7.90. The van der Waals surface area contributed by atoms with Crippen molar-refractivity contribution in [1.29, 1.82) is 0 Å². The summed E-state index contributed by atoms with van der Waals surface area (Å²) in [5.41, 5.74) is 0.937. The second-order valence-electron chi connectivity index (χ2n) is 5.28. The molecule has 0 radical (unpaired) electrons. The van der Waals surface area contributed by atoms with Crippen LogP contribution >= 0.6 is 0 Å². The van der Waals surface area contributed by atoms with Crippen molar-refractivity contribution in [1.82, 2.24) is 10.6 Å². The zero-order valence-corrected chi connectivity index (χ0v) is 15.6. The van der Waals surface area contributed by atoms with Crippen LogP contribution in [0.2, 0.25) is 0 Å². The Morgan fingerprint density at radius 2 is 1.96 bits per heavy atom. The first kappa shape index (κ1) is 20.1. The molecule has 0 spiro atoms. The van der Waals surface area contributed by atoms with Gasteiger partial charge in [0.1, 0.15) is 21.3 Å². The van der Waals surface area contributed by atoms with E-state index in [1.165, 1.54) is 6.26 Å². The highest BCUT2D eigenvalue weighted by Gasteiger charge is 2.06. The van der Waals surface area contributed by atoms with Crippen molar-refractivity contribution in [3.63, 3.8) is 0 Å². The largest absolute Gasteiger partial charge is 0.497 e. The Bertz CT molecular complexity index is 645. The first-order valence-corrected chi connectivity index (χ1v) is 9.86. The van der Waals surface area contributed by atoms with Gasteiger partial charge in [-0.15, -0.1) is 0 Å². The van der Waals surface area contributed by atoms with Crippen molar-refractivity contribution in [2.75, 3.05) is 39.3 Å². The van der Waals surface area contributed by atoms with Crippen LogP contribution in [0.1, 0.15) is 18.9 Å². The van der Waals surface area contributed by atoms with Gasteiger partial charge in [0.2, 0.25) is 0 Å². The van der Waals surface area contributed by atoms with E-state index in [2.05, 4.69) is 15.6 Å². The molecule has 0 unspecified atom stereocenters. The molecular formula is C16H27N3O4S. The van der Waals surface area contributed by atoms with Crippen molar-refractivity contribution in [2.45, 2.75) is 19.9 Å². The van der Waals surface area contributed by atoms with E-state index in [9.17, 15) is 8.42 Å². The molecule has 8 heteroatoms. The Labute approximate surface area is 144 Å². The van der Waals surface area contributed by atoms with Gasteiger partial charge in [0.05, 0.1) is 26.5 Å². The first-order chi connectivity index (χ1) is 11.4. The summed E-state index contributed by atoms with van der Waals surface area (Å²) in [5, 5.41) is 6.27. The predicted molar refractivity (Wildman–Crippen MR) is 96.7 cm³/mol. The van der Waals surface area contributed by atoms with Crippen LogP contribution in [0.4, 0.5) is 0 Å². The summed E-state index contributed by atoms with van der Waals surface area (Å²) in [4.78, 5) is 4.51. The standard InChI is InChI=1S/C16H27N3O4S/c1-5-17-16(18-9-6-10-24(4,20)21)19-12-13-7-8-14(22-2)11-15(13)23-3/h7-8,11H,5-6,9-10,12H2,1-4H3,(H2,17,18,19). The summed E-state index contributed by atoms with van der Waals surface area (Å²) >= 11 is 0. The molecule has 7 nitrogen and oxygen atoms in total. The van der Waals surface area contributed by atoms with E-state index in [1.807, 2.05) is 25.1 Å². The number of aliphatic imine (C=N–C) groups is 1. The minimum absolute atomic E-state index is 0.158. The summed E-state index contributed by atoms with van der Waals surface area (Å²) < 4.78 is 32.8. The van der Waals surface area contributed by atoms with Crippen molar-refractivity contribution in [3.05, 3.63) is 23.8 Å². The van der Waals surface area contributed by atoms with Gasteiger partial charge in [0.25, 0.3) is 0 Å². The van der Waals surface area contributed by atoms with Gasteiger partial charge in [-0.3, -0.25) is 0 Å². The SMILES string of the molecule is CCNC(=NCc1ccc(OC)cc1OC)NCCCS(C)(=O)=O. The van der Waals surface area contributed by atoms with E-state index in [0.29, 0.717) is 31.2 Å². The Kier molecular flexibility index (Phi) is 8.39. The fourth-order valence-electron chi connectivity index (χ4n) is 2.03. The monoisotopic (exact) mass is 357 g/mol. The number of sulfone groups is 1. The number of rotatable bonds is 9. The molecule has 0 aliphatic heterocycles. The lowest BCUT2D eigenvalue weighted by molar-refractivity contribution is 0.391. The Morgan fingerprint density at radius 3 is 2.54 bits per heavy atom. The van der Waals surface area contributed by atoms with E-state index in [-0.39, 0.29) is 5.75 Å². The Balaban J connectivity index is 2.68. The predicted octanol–water partition coefficient (Wildman–Crippen LogP) is 1.19. The average Bonchev–Trinajstić information content (AvgIpc) is 2.55. The van der Waals surface area contributed by atoms with Gasteiger partial charge >= 0.3 is 0 Å². The van der Waals surface area contributed by atoms with Crippen molar-refractivity contribution in [3.8, 4) is 11.5 Å². The van der Waals surface area contributed by atoms with Gasteiger partial charge < -0.3 is 20.1 Å². The third-order valence-corrected chi connectivity index (χ3v) is 4.26. The number of guanidine groups is 1. The number of nitrogens with one attached hydrogen (secondary N) is 2. The third-order valence-electron chi connectivity index (χ3n) is 3.23. The van der Waals surface area contributed by atoms with E-state index in [4.69, 9.17) is 9.47 Å². The lowest BCUT2D eigenvalue weighted by Gasteiger charge is -2.12. The first-order valence-electron chi connectivity index (χ1n) is 7.80. The molecular weight excluding hydrogens is 330 g/mol. The molecule has 0 atom stereocenters. The summed E-state index contributed by atoms with van der Waals surface area (Å²) in [6.45, 7) is 3.67. The van der Waals surface area contributed by atoms with Crippen LogP contribution in [0.3, 0.4) is 0 Å². The zero-order valence-electron chi connectivity index (χ0n) is 14.8. The van der Waals surface area contributed by atoms with Crippen LogP contribution in [0.5, 0.6) is 11.5 Å². The maximum atomic E-state index is 11.1. The Hall–Kier alpha value is -1.96. The summed E-state index contributed by atoms with van der Waals surface area (Å²) in [7, 11) is 0.281. The van der Waals surface area contributed by atoms with Crippen molar-refractivity contribution >= 4 is 15.8 Å². The van der Waals surface area contributed by atoms with Gasteiger partial charge in [-0.2, -0.15) is 0 Å². The normalized spacial score (nSPS) is 11.9. The minimum Gasteiger partial charge on any atom is -0.497 e. The molecule has 0 saturated heterocycles. The van der Waals surface area contributed by atoms with Crippen LogP contribution in [0, 0.1) is 0 Å². The topological polar surface area (TPSA) is 89.0 Å². The highest BCUT2D eigenvalue weighted by Crippen LogP contribution is 2.25. The molecule has 1 aromatic carbocycles. The summed E-state index contributed by atoms with van der Waals surface area (Å²) in [6.07, 6.45) is 1.78. The maximum Gasteiger partial charge on any atom is 0.191 e. The minimum atomic E-state index is -2.93. The van der Waals surface area contributed by atoms with Gasteiger partial charge in [-0.1, -0.05) is 0 Å². The van der Waals surface area contributed by atoms with Crippen LogP contribution < -0.4 is 20.1 Å². The highest BCUT2D eigenvalue weighted by atomic mass is 32.2. The van der Waals surface area contributed by atoms with E-state index in [0.717, 1.165) is 17.9 Å². The zero-order chi connectivity index (χ0) is 18.0. The summed E-state index contributed by atoms with van der Waals surface area (Å²) in [6, 6.07) is 5.59. The molecule has 24 heavy (non-hydrogen) atoms. The fourth-order valence-corrected chi connectivity index (χ4v) is 2.70. The number of nitrogens with zero attached hydrogens (tertiary/aromatic N) is 1. The van der Waals surface area contributed by atoms with Crippen molar-refractivity contribution < 1.29 is 17.9 Å². The molecule has 0 fully saturated rings. The van der Waals surface area contributed by atoms with Gasteiger partial charge in [-0.05, 0) is 25.5 Å². The summed E-state index contributed by atoms with van der Waals surface area (Å²) in [5.74, 6) is 2.24. The van der Waals surface area contributed by atoms with Crippen LogP contribution in [-0.2, 0) is 16.4 Å². The van der Waals surface area contributed by atoms with Crippen LogP contribution in [-0.4, -0.2) is 53.7 Å². The second-order valence-corrected chi connectivity index (χ2v) is 7.54. The van der Waals surface area contributed by atoms with E-state index >= 15 is 0 Å². The molecule has 1 aromatic rings. The van der Waals surface area contributed by atoms with Gasteiger partial charge in [0.15, 0.2) is 5.96 Å². The molecule has 0 aromatic heterocycles. The lowest BCUT2D eigenvalue weighted by atomic mass is 10.2. The van der Waals surface area contributed by atoms with Crippen LogP contribution in [0.15, 0.2) is 23.2 Å². The number of methoxy groups -OCH3 is 2.